The van der Waals surface area contributed by atoms with Gasteiger partial charge in [0.15, 0.2) is 0 Å². The molecule has 1 unspecified atom stereocenters. The van der Waals surface area contributed by atoms with Crippen molar-refractivity contribution in [2.45, 2.75) is 45.2 Å². The Bertz CT molecular complexity index is 409. The monoisotopic (exact) mass is 276 g/mol. The fraction of sp³-hybridized carbons (Fsp3) is 0.647. The third-order valence-electron chi connectivity index (χ3n) is 4.15. The SMILES string of the molecule is CNC(CCN(CCO)C1CC1)c1cc(C)cc(C)c1. The van der Waals surface area contributed by atoms with Crippen LogP contribution in [0.15, 0.2) is 18.2 Å². The molecule has 3 nitrogen and oxygen atoms in total. The van der Waals surface area contributed by atoms with Crippen LogP contribution in [0.25, 0.3) is 0 Å². The quantitative estimate of drug-likeness (QED) is 0.765. The van der Waals surface area contributed by atoms with Crippen LogP contribution in [-0.4, -0.2) is 42.8 Å². The summed E-state index contributed by atoms with van der Waals surface area (Å²) < 4.78 is 0. The fourth-order valence-corrected chi connectivity index (χ4v) is 3.03. The lowest BCUT2D eigenvalue weighted by molar-refractivity contribution is 0.183. The van der Waals surface area contributed by atoms with Gasteiger partial charge in [-0.2, -0.15) is 0 Å². The summed E-state index contributed by atoms with van der Waals surface area (Å²) >= 11 is 0. The number of hydrogen-bond acceptors (Lipinski definition) is 3. The van der Waals surface area contributed by atoms with Crippen LogP contribution in [0.2, 0.25) is 0 Å². The van der Waals surface area contributed by atoms with E-state index >= 15 is 0 Å². The Hall–Kier alpha value is -0.900. The second kappa shape index (κ2) is 7.21. The minimum atomic E-state index is 0.268. The van der Waals surface area contributed by atoms with E-state index in [1.165, 1.54) is 29.5 Å². The van der Waals surface area contributed by atoms with E-state index in [0.717, 1.165) is 25.6 Å². The van der Waals surface area contributed by atoms with Crippen LogP contribution in [0.1, 0.15) is 42.0 Å². The van der Waals surface area contributed by atoms with Gasteiger partial charge in [-0.25, -0.2) is 0 Å². The summed E-state index contributed by atoms with van der Waals surface area (Å²) in [6, 6.07) is 7.90. The van der Waals surface area contributed by atoms with E-state index in [-0.39, 0.29) is 6.61 Å². The second-order valence-corrected chi connectivity index (χ2v) is 6.04. The molecule has 0 aromatic heterocycles. The standard InChI is InChI=1S/C17H28N2O/c1-13-10-14(2)12-15(11-13)17(18-3)6-7-19(8-9-20)16-4-5-16/h10-12,16-18,20H,4-9H2,1-3H3. The van der Waals surface area contributed by atoms with Crippen LogP contribution in [0.5, 0.6) is 0 Å². The van der Waals surface area contributed by atoms with E-state index in [9.17, 15) is 0 Å². The number of aliphatic hydroxyl groups excluding tert-OH is 1. The molecule has 1 aliphatic rings. The summed E-state index contributed by atoms with van der Waals surface area (Å²) in [7, 11) is 2.04. The van der Waals surface area contributed by atoms with Crippen molar-refractivity contribution < 1.29 is 5.11 Å². The molecule has 1 saturated carbocycles. The molecule has 0 spiro atoms. The van der Waals surface area contributed by atoms with Gasteiger partial charge in [-0.1, -0.05) is 29.3 Å². The Kier molecular flexibility index (Phi) is 5.58. The van der Waals surface area contributed by atoms with Crippen molar-refractivity contribution in [3.63, 3.8) is 0 Å². The van der Waals surface area contributed by atoms with Crippen molar-refractivity contribution in [2.24, 2.45) is 0 Å². The lowest BCUT2D eigenvalue weighted by Crippen LogP contribution is -2.32. The molecule has 1 aromatic rings. The number of rotatable bonds is 8. The van der Waals surface area contributed by atoms with Gasteiger partial charge in [0.2, 0.25) is 0 Å². The molecule has 1 fully saturated rings. The van der Waals surface area contributed by atoms with E-state index in [4.69, 9.17) is 5.11 Å². The summed E-state index contributed by atoms with van der Waals surface area (Å²) in [6.07, 6.45) is 3.69. The van der Waals surface area contributed by atoms with Crippen molar-refractivity contribution in [1.29, 1.82) is 0 Å². The zero-order valence-electron chi connectivity index (χ0n) is 13.0. The lowest BCUT2D eigenvalue weighted by Gasteiger charge is -2.25. The van der Waals surface area contributed by atoms with Crippen LogP contribution in [0.4, 0.5) is 0 Å². The summed E-state index contributed by atoms with van der Waals surface area (Å²) in [6.45, 7) is 6.46. The van der Waals surface area contributed by atoms with Crippen LogP contribution in [0, 0.1) is 13.8 Å². The molecule has 1 aromatic carbocycles. The first-order valence-corrected chi connectivity index (χ1v) is 7.74. The zero-order chi connectivity index (χ0) is 14.5. The first-order valence-electron chi connectivity index (χ1n) is 7.74. The predicted molar refractivity (Wildman–Crippen MR) is 84.0 cm³/mol. The largest absolute Gasteiger partial charge is 0.395 e. The molecule has 3 heteroatoms. The van der Waals surface area contributed by atoms with E-state index in [0.29, 0.717) is 6.04 Å². The molecule has 0 bridgehead atoms. The highest BCUT2D eigenvalue weighted by atomic mass is 16.3. The van der Waals surface area contributed by atoms with Crippen molar-refractivity contribution >= 4 is 0 Å². The number of aryl methyl sites for hydroxylation is 2. The van der Waals surface area contributed by atoms with Crippen molar-refractivity contribution in [1.82, 2.24) is 10.2 Å². The molecular weight excluding hydrogens is 248 g/mol. The third kappa shape index (κ3) is 4.30. The first-order chi connectivity index (χ1) is 9.63. The topological polar surface area (TPSA) is 35.5 Å². The van der Waals surface area contributed by atoms with Crippen LogP contribution in [-0.2, 0) is 0 Å². The van der Waals surface area contributed by atoms with Gasteiger partial charge >= 0.3 is 0 Å². The van der Waals surface area contributed by atoms with Gasteiger partial charge in [-0.15, -0.1) is 0 Å². The highest BCUT2D eigenvalue weighted by Crippen LogP contribution is 2.28. The first kappa shape index (κ1) is 15.5. The summed E-state index contributed by atoms with van der Waals surface area (Å²) in [5.41, 5.74) is 4.04. The smallest absolute Gasteiger partial charge is 0.0558 e. The lowest BCUT2D eigenvalue weighted by atomic mass is 9.99. The molecule has 0 heterocycles. The molecule has 20 heavy (non-hydrogen) atoms. The molecule has 2 N–H and O–H groups in total. The highest BCUT2D eigenvalue weighted by Gasteiger charge is 2.28. The normalized spacial score (nSPS) is 16.6. The van der Waals surface area contributed by atoms with Crippen molar-refractivity contribution in [2.75, 3.05) is 26.7 Å². The molecular formula is C17H28N2O. The van der Waals surface area contributed by atoms with E-state index in [1.54, 1.807) is 0 Å². The van der Waals surface area contributed by atoms with Gasteiger partial charge in [-0.05, 0) is 45.7 Å². The Labute approximate surface area is 123 Å². The zero-order valence-corrected chi connectivity index (χ0v) is 13.0. The predicted octanol–water partition coefficient (Wildman–Crippen LogP) is 2.41. The van der Waals surface area contributed by atoms with Gasteiger partial charge in [0.25, 0.3) is 0 Å². The number of hydrogen-bond donors (Lipinski definition) is 2. The minimum absolute atomic E-state index is 0.268. The van der Waals surface area contributed by atoms with Crippen LogP contribution in [0.3, 0.4) is 0 Å². The summed E-state index contributed by atoms with van der Waals surface area (Å²) in [5, 5.41) is 12.6. The van der Waals surface area contributed by atoms with Crippen molar-refractivity contribution in [3.8, 4) is 0 Å². The van der Waals surface area contributed by atoms with Gasteiger partial charge < -0.3 is 10.4 Å². The number of benzene rings is 1. The van der Waals surface area contributed by atoms with Gasteiger partial charge in [0, 0.05) is 25.2 Å². The molecule has 0 radical (unpaired) electrons. The molecule has 1 atom stereocenters. The average molecular weight is 276 g/mol. The third-order valence-corrected chi connectivity index (χ3v) is 4.15. The molecule has 1 aliphatic carbocycles. The minimum Gasteiger partial charge on any atom is -0.395 e. The Balaban J connectivity index is 1.97. The van der Waals surface area contributed by atoms with E-state index in [2.05, 4.69) is 42.3 Å². The summed E-state index contributed by atoms with van der Waals surface area (Å²) in [4.78, 5) is 2.44. The Morgan fingerprint density at radius 2 is 1.85 bits per heavy atom. The van der Waals surface area contributed by atoms with Crippen LogP contribution >= 0.6 is 0 Å². The average Bonchev–Trinajstić information content (AvgIpc) is 3.21. The van der Waals surface area contributed by atoms with Gasteiger partial charge in [0.1, 0.15) is 0 Å². The number of nitrogens with zero attached hydrogens (tertiary/aromatic N) is 1. The maximum atomic E-state index is 9.17. The van der Waals surface area contributed by atoms with Crippen LogP contribution < -0.4 is 5.32 Å². The number of nitrogens with one attached hydrogen (secondary N) is 1. The summed E-state index contributed by atoms with van der Waals surface area (Å²) in [5.74, 6) is 0. The maximum absolute atomic E-state index is 9.17. The van der Waals surface area contributed by atoms with E-state index < -0.39 is 0 Å². The van der Waals surface area contributed by atoms with Gasteiger partial charge in [0.05, 0.1) is 6.61 Å². The Morgan fingerprint density at radius 1 is 1.20 bits per heavy atom. The van der Waals surface area contributed by atoms with E-state index in [1.807, 2.05) is 7.05 Å². The highest BCUT2D eigenvalue weighted by molar-refractivity contribution is 5.30. The molecule has 2 rings (SSSR count). The maximum Gasteiger partial charge on any atom is 0.0558 e. The second-order valence-electron chi connectivity index (χ2n) is 6.04. The van der Waals surface area contributed by atoms with Gasteiger partial charge in [-0.3, -0.25) is 4.90 Å². The molecule has 0 amide bonds. The molecule has 0 aliphatic heterocycles. The van der Waals surface area contributed by atoms with Crippen molar-refractivity contribution in [3.05, 3.63) is 34.9 Å². The molecule has 112 valence electrons. The number of aliphatic hydroxyl groups is 1. The Morgan fingerprint density at radius 3 is 2.35 bits per heavy atom. The fourth-order valence-electron chi connectivity index (χ4n) is 3.03. The molecule has 0 saturated heterocycles.